The number of alkyl halides is 3. The summed E-state index contributed by atoms with van der Waals surface area (Å²) in [6.07, 6.45) is -4.74. The van der Waals surface area contributed by atoms with Crippen LogP contribution < -0.4 is 29.6 Å². The third kappa shape index (κ3) is 4.89. The molecule has 0 radical (unpaired) electrons. The van der Waals surface area contributed by atoms with Crippen LogP contribution in [0.2, 0.25) is 0 Å². The van der Waals surface area contributed by atoms with Crippen LogP contribution in [0.4, 0.5) is 13.2 Å². The van der Waals surface area contributed by atoms with E-state index in [4.69, 9.17) is 11.0 Å². The zero-order chi connectivity index (χ0) is 14.6. The van der Waals surface area contributed by atoms with Crippen molar-refractivity contribution < 1.29 is 52.6 Å². The number of nitriles is 1. The molecule has 20 heavy (non-hydrogen) atoms. The van der Waals surface area contributed by atoms with Crippen molar-refractivity contribution in [3.63, 3.8) is 0 Å². The first-order chi connectivity index (χ1) is 8.75. The Hall–Kier alpha value is -1.49. The summed E-state index contributed by atoms with van der Waals surface area (Å²) >= 11 is 0. The molecule has 1 aromatic rings. The molecule has 0 heterocycles. The molecule has 2 N–H and O–H groups in total. The summed E-state index contributed by atoms with van der Waals surface area (Å²) in [7, 11) is 0. The van der Waals surface area contributed by atoms with Crippen LogP contribution in [-0.4, -0.2) is 11.0 Å². The van der Waals surface area contributed by atoms with Gasteiger partial charge in [-0.25, -0.2) is 0 Å². The van der Waals surface area contributed by atoms with Gasteiger partial charge < -0.3 is 15.6 Å². The van der Waals surface area contributed by atoms with Crippen LogP contribution >= 0.6 is 0 Å². The molecule has 1 aromatic carbocycles. The molecule has 8 heteroatoms. The summed E-state index contributed by atoms with van der Waals surface area (Å²) < 4.78 is 36.9. The molecular weight excluding hydrogens is 284 g/mol. The number of carbonyl (C=O) groups is 1. The van der Waals surface area contributed by atoms with Gasteiger partial charge in [0.15, 0.2) is 0 Å². The third-order valence-corrected chi connectivity index (χ3v) is 2.28. The van der Waals surface area contributed by atoms with Crippen molar-refractivity contribution in [3.8, 4) is 6.07 Å². The van der Waals surface area contributed by atoms with Crippen LogP contribution in [0.15, 0.2) is 35.6 Å². The van der Waals surface area contributed by atoms with E-state index in [0.717, 1.165) is 24.3 Å². The molecule has 0 unspecified atom stereocenters. The molecule has 0 aliphatic rings. The van der Waals surface area contributed by atoms with Gasteiger partial charge >= 0.3 is 35.7 Å². The summed E-state index contributed by atoms with van der Waals surface area (Å²) in [4.78, 5) is 10.7. The summed E-state index contributed by atoms with van der Waals surface area (Å²) in [6.45, 7) is 0. The van der Waals surface area contributed by atoms with Crippen molar-refractivity contribution in [3.05, 3.63) is 52.5 Å². The molecule has 4 nitrogen and oxygen atoms in total. The molecule has 0 atom stereocenters. The second kappa shape index (κ2) is 7.33. The van der Waals surface area contributed by atoms with Gasteiger partial charge in [0.25, 0.3) is 0 Å². The van der Waals surface area contributed by atoms with E-state index < -0.39 is 29.0 Å². The Morgan fingerprint density at radius 3 is 2.15 bits per heavy atom. The first kappa shape index (κ1) is 18.5. The Balaban J connectivity index is 0.00000361. The Kier molecular flexibility index (Phi) is 6.79. The van der Waals surface area contributed by atoms with Crippen LogP contribution in [0.5, 0.6) is 0 Å². The van der Waals surface area contributed by atoms with Crippen LogP contribution in [0.1, 0.15) is 11.1 Å². The number of nitrogens with zero attached hydrogens (tertiary/aromatic N) is 1. The van der Waals surface area contributed by atoms with Crippen molar-refractivity contribution >= 4 is 5.91 Å². The number of benzene rings is 1. The Morgan fingerprint density at radius 2 is 1.80 bits per heavy atom. The molecular formula is C12H8F3N2NaO2. The predicted octanol–water partition coefficient (Wildman–Crippen LogP) is 0.166. The number of carbonyl (C=O) groups excluding carboxylic acids is 1. The predicted molar refractivity (Wildman–Crippen MR) is 59.7 cm³/mol. The topological polar surface area (TPSA) is 84.9 Å². The average molecular weight is 292 g/mol. The minimum absolute atomic E-state index is 0. The minimum Gasteiger partial charge on any atom is -0.663 e. The summed E-state index contributed by atoms with van der Waals surface area (Å²) in [6, 6.07) is 5.29. The maximum Gasteiger partial charge on any atom is 1.00 e. The van der Waals surface area contributed by atoms with Gasteiger partial charge in [-0.2, -0.15) is 18.4 Å². The largest absolute Gasteiger partial charge is 1.00 e. The molecule has 0 aromatic heterocycles. The van der Waals surface area contributed by atoms with Gasteiger partial charge in [-0.1, -0.05) is 12.1 Å². The van der Waals surface area contributed by atoms with Gasteiger partial charge in [0.05, 0.1) is 11.5 Å². The summed E-state index contributed by atoms with van der Waals surface area (Å²) in [5.41, 5.74) is 5.45. The van der Waals surface area contributed by atoms with Crippen molar-refractivity contribution in [2.45, 2.75) is 12.6 Å². The molecule has 0 saturated heterocycles. The van der Waals surface area contributed by atoms with Crippen molar-refractivity contribution in [2.75, 3.05) is 0 Å². The maximum absolute atomic E-state index is 12.3. The van der Waals surface area contributed by atoms with Crippen molar-refractivity contribution in [1.82, 2.24) is 0 Å². The van der Waals surface area contributed by atoms with Crippen molar-refractivity contribution in [1.29, 1.82) is 5.26 Å². The standard InChI is InChI=1S/C12H9F3N2O2.Na/c13-12(14,15)8-3-1-7(2-4-8)5-10(18)9(6-16)11(17)19;/h1-4H,5H2,(H3,17,18,19);/q;+1/p-1. The first-order valence-corrected chi connectivity index (χ1v) is 5.00. The van der Waals surface area contributed by atoms with Crippen LogP contribution in [-0.2, 0) is 17.4 Å². The third-order valence-electron chi connectivity index (χ3n) is 2.28. The van der Waals surface area contributed by atoms with E-state index in [1.165, 1.54) is 6.07 Å². The zero-order valence-corrected chi connectivity index (χ0v) is 12.5. The fourth-order valence-corrected chi connectivity index (χ4v) is 1.34. The molecule has 0 saturated carbocycles. The fraction of sp³-hybridized carbons (Fsp3) is 0.167. The van der Waals surface area contributed by atoms with E-state index in [0.29, 0.717) is 5.56 Å². The number of hydrogen-bond donors (Lipinski definition) is 1. The number of amides is 1. The number of aliphatic hydroxyl groups is 1. The molecule has 0 aliphatic heterocycles. The van der Waals surface area contributed by atoms with Gasteiger partial charge in [0.2, 0.25) is 0 Å². The van der Waals surface area contributed by atoms with Gasteiger partial charge in [-0.05, 0) is 17.7 Å². The Morgan fingerprint density at radius 1 is 1.30 bits per heavy atom. The average Bonchev–Trinajstić information content (AvgIpc) is 2.28. The molecule has 0 bridgehead atoms. The van der Waals surface area contributed by atoms with Crippen LogP contribution in [0.3, 0.4) is 0 Å². The van der Waals surface area contributed by atoms with Crippen molar-refractivity contribution in [2.24, 2.45) is 0 Å². The smallest absolute Gasteiger partial charge is 0.663 e. The number of allylic oxidation sites excluding steroid dienone is 1. The second-order valence-corrected chi connectivity index (χ2v) is 3.63. The SMILES string of the molecule is N#C/C(C([NH-])=O)=C(/O)Cc1ccc(C(F)(F)F)cc1.[Na+]. The molecule has 1 amide bonds. The van der Waals surface area contributed by atoms with Gasteiger partial charge in [-0.15, -0.1) is 0 Å². The fourth-order valence-electron chi connectivity index (χ4n) is 1.34. The molecule has 0 fully saturated rings. The Labute approximate surface area is 135 Å². The molecule has 0 spiro atoms. The van der Waals surface area contributed by atoms with Crippen LogP contribution in [0.25, 0.3) is 5.73 Å². The second-order valence-electron chi connectivity index (χ2n) is 3.63. The number of hydrogen-bond acceptors (Lipinski definition) is 3. The monoisotopic (exact) mass is 292 g/mol. The van der Waals surface area contributed by atoms with E-state index in [1.807, 2.05) is 0 Å². The molecule has 0 aliphatic carbocycles. The van der Waals surface area contributed by atoms with Gasteiger partial charge in [0, 0.05) is 6.42 Å². The first-order valence-electron chi connectivity index (χ1n) is 5.00. The zero-order valence-electron chi connectivity index (χ0n) is 10.5. The quantitative estimate of drug-likeness (QED) is 0.373. The number of aliphatic hydroxyl groups excluding tert-OH is 1. The van der Waals surface area contributed by atoms with Crippen LogP contribution in [0, 0.1) is 11.3 Å². The summed E-state index contributed by atoms with van der Waals surface area (Å²) in [5.74, 6) is -1.98. The Bertz CT molecular complexity index is 560. The van der Waals surface area contributed by atoms with Gasteiger partial charge in [0.1, 0.15) is 17.4 Å². The van der Waals surface area contributed by atoms with E-state index in [2.05, 4.69) is 0 Å². The molecule has 100 valence electrons. The molecule has 1 rings (SSSR count). The van der Waals surface area contributed by atoms with E-state index in [-0.39, 0.29) is 36.0 Å². The number of rotatable bonds is 3. The number of nitrogens with one attached hydrogen (secondary N) is 1. The maximum atomic E-state index is 12.3. The van der Waals surface area contributed by atoms with E-state index in [1.54, 1.807) is 0 Å². The van der Waals surface area contributed by atoms with Gasteiger partial charge in [-0.3, -0.25) is 0 Å². The van der Waals surface area contributed by atoms with E-state index in [9.17, 15) is 23.1 Å². The minimum atomic E-state index is -4.45. The normalized spacial score (nSPS) is 11.9. The van der Waals surface area contributed by atoms with E-state index >= 15 is 0 Å². The summed E-state index contributed by atoms with van der Waals surface area (Å²) in [5, 5.41) is 18.0. The number of halogens is 3.